The quantitative estimate of drug-likeness (QED) is 0.119. The van der Waals surface area contributed by atoms with Crippen molar-refractivity contribution in [3.63, 3.8) is 0 Å². The zero-order valence-corrected chi connectivity index (χ0v) is 27.6. The number of benzene rings is 1. The fourth-order valence-electron chi connectivity index (χ4n) is 7.33. The van der Waals surface area contributed by atoms with Gasteiger partial charge in [0, 0.05) is 17.8 Å². The Morgan fingerprint density at radius 2 is 1.40 bits per heavy atom. The second kappa shape index (κ2) is 18.7. The Labute approximate surface area is 257 Å². The Hall–Kier alpha value is -0.980. The third-order valence-electron chi connectivity index (χ3n) is 10.4. The van der Waals surface area contributed by atoms with Crippen molar-refractivity contribution in [2.24, 2.45) is 29.6 Å². The van der Waals surface area contributed by atoms with E-state index in [1.165, 1.54) is 82.6 Å². The average Bonchev–Trinajstić information content (AvgIpc) is 3.02. The minimum atomic E-state index is -0.986. The summed E-state index contributed by atoms with van der Waals surface area (Å²) < 4.78 is 11.5. The molecule has 42 heavy (non-hydrogen) atoms. The smallest absolute Gasteiger partial charge is 0.159 e. The second-order valence-electron chi connectivity index (χ2n) is 14.2. The lowest BCUT2D eigenvalue weighted by atomic mass is 9.73. The Morgan fingerprint density at radius 3 is 2.00 bits per heavy atom. The maximum absolute atomic E-state index is 10.2. The average molecular weight is 589 g/mol. The summed E-state index contributed by atoms with van der Waals surface area (Å²) >= 11 is 0. The molecule has 0 radical (unpaired) electrons. The summed E-state index contributed by atoms with van der Waals surface area (Å²) in [5, 5.41) is 29.8. The van der Waals surface area contributed by atoms with Gasteiger partial charge in [-0.05, 0) is 105 Å². The molecule has 2 saturated carbocycles. The molecule has 1 aromatic carbocycles. The number of aryl methyl sites for hydroxylation is 1. The van der Waals surface area contributed by atoms with Crippen molar-refractivity contribution < 1.29 is 24.8 Å². The molecule has 4 unspecified atom stereocenters. The van der Waals surface area contributed by atoms with Crippen LogP contribution >= 0.6 is 0 Å². The van der Waals surface area contributed by atoms with Crippen molar-refractivity contribution in [2.45, 2.75) is 149 Å². The summed E-state index contributed by atoms with van der Waals surface area (Å²) in [5.74, 6) is 2.75. The van der Waals surface area contributed by atoms with Crippen LogP contribution in [0.2, 0.25) is 0 Å². The van der Waals surface area contributed by atoms with Gasteiger partial charge in [0.2, 0.25) is 0 Å². The van der Waals surface area contributed by atoms with Crippen LogP contribution in [0.25, 0.3) is 0 Å². The maximum atomic E-state index is 10.2. The van der Waals surface area contributed by atoms with Crippen LogP contribution in [0.4, 0.5) is 0 Å². The molecule has 2 fully saturated rings. The number of unbranched alkanes of at least 4 members (excludes halogenated alkanes) is 2. The summed E-state index contributed by atoms with van der Waals surface area (Å²) in [6, 6.07) is 7.50. The predicted octanol–water partition coefficient (Wildman–Crippen LogP) is 8.34. The van der Waals surface area contributed by atoms with Crippen molar-refractivity contribution >= 4 is 0 Å². The van der Waals surface area contributed by atoms with Gasteiger partial charge in [-0.15, -0.1) is 0 Å². The monoisotopic (exact) mass is 588 g/mol. The first-order chi connectivity index (χ1) is 20.2. The largest absolute Gasteiger partial charge is 0.396 e. The van der Waals surface area contributed by atoms with E-state index in [4.69, 9.17) is 9.47 Å². The highest BCUT2D eigenvalue weighted by Gasteiger charge is 2.28. The van der Waals surface area contributed by atoms with Gasteiger partial charge < -0.3 is 24.8 Å². The third kappa shape index (κ3) is 11.2. The molecule has 5 heteroatoms. The summed E-state index contributed by atoms with van der Waals surface area (Å²) in [7, 11) is 0. The van der Waals surface area contributed by atoms with Gasteiger partial charge >= 0.3 is 0 Å². The molecule has 3 rings (SSSR count). The summed E-state index contributed by atoms with van der Waals surface area (Å²) in [6.45, 7) is 11.0. The Bertz CT molecular complexity index is 856. The van der Waals surface area contributed by atoms with Gasteiger partial charge in [0.25, 0.3) is 0 Å². The van der Waals surface area contributed by atoms with E-state index in [0.29, 0.717) is 25.0 Å². The predicted molar refractivity (Wildman–Crippen MR) is 172 cm³/mol. The molecule has 0 aliphatic heterocycles. The minimum Gasteiger partial charge on any atom is -0.396 e. The molecule has 4 atom stereocenters. The number of aliphatic hydroxyl groups is 3. The van der Waals surface area contributed by atoms with E-state index in [1.54, 1.807) is 18.1 Å². The molecule has 1 aromatic rings. The number of rotatable bonds is 18. The fourth-order valence-corrected chi connectivity index (χ4v) is 7.33. The van der Waals surface area contributed by atoms with E-state index in [2.05, 4.69) is 32.0 Å². The standard InChI is InChI=1S/C37H64O5/c1-6-8-9-10-28-11-17-33(18-12-28)35-20-19-34(22-31(35)7-2)32-15-13-29(14-16-32)21-30(24-41-36(39)26(3)4)25-42-37(40)27(5)23-38/h19-20,22,26-30,32-33,36-40H,6-18,21,23-25H2,1-5H3. The summed E-state index contributed by atoms with van der Waals surface area (Å²) in [4.78, 5) is 0. The van der Waals surface area contributed by atoms with Crippen LogP contribution in [-0.2, 0) is 15.9 Å². The lowest BCUT2D eigenvalue weighted by Crippen LogP contribution is -2.31. The van der Waals surface area contributed by atoms with Crippen LogP contribution in [0, 0.1) is 29.6 Å². The van der Waals surface area contributed by atoms with E-state index in [-0.39, 0.29) is 24.4 Å². The topological polar surface area (TPSA) is 79.2 Å². The van der Waals surface area contributed by atoms with Crippen LogP contribution in [0.15, 0.2) is 18.2 Å². The molecule has 0 amide bonds. The van der Waals surface area contributed by atoms with E-state index < -0.39 is 12.6 Å². The van der Waals surface area contributed by atoms with Gasteiger partial charge in [0.15, 0.2) is 12.6 Å². The molecule has 0 saturated heterocycles. The molecule has 2 aliphatic rings. The van der Waals surface area contributed by atoms with Crippen molar-refractivity contribution in [1.29, 1.82) is 0 Å². The van der Waals surface area contributed by atoms with E-state index >= 15 is 0 Å². The van der Waals surface area contributed by atoms with Crippen molar-refractivity contribution in [2.75, 3.05) is 19.8 Å². The van der Waals surface area contributed by atoms with E-state index in [9.17, 15) is 15.3 Å². The van der Waals surface area contributed by atoms with Crippen molar-refractivity contribution in [3.8, 4) is 0 Å². The normalized spacial score (nSPS) is 26.2. The Balaban J connectivity index is 1.52. The van der Waals surface area contributed by atoms with Gasteiger partial charge in [-0.3, -0.25) is 0 Å². The molecule has 242 valence electrons. The van der Waals surface area contributed by atoms with Crippen LogP contribution in [0.3, 0.4) is 0 Å². The highest BCUT2D eigenvalue weighted by Crippen LogP contribution is 2.42. The lowest BCUT2D eigenvalue weighted by molar-refractivity contribution is -0.169. The number of ether oxygens (including phenoxy) is 2. The van der Waals surface area contributed by atoms with Gasteiger partial charge in [0.1, 0.15) is 0 Å². The van der Waals surface area contributed by atoms with Gasteiger partial charge in [-0.1, -0.05) is 78.5 Å². The molecule has 2 aliphatic carbocycles. The first kappa shape index (κ1) is 35.5. The van der Waals surface area contributed by atoms with Gasteiger partial charge in [0.05, 0.1) is 19.8 Å². The fraction of sp³-hybridized carbons (Fsp3) is 0.838. The molecule has 0 heterocycles. The molecular formula is C37H64O5. The summed E-state index contributed by atoms with van der Waals surface area (Å²) in [6.07, 6.45) is 16.3. The SMILES string of the molecule is CCCCCC1CCC(c2ccc(C3CCC(CC(COC(O)C(C)C)COC(O)C(C)CO)CC3)cc2CC)CC1. The molecular weight excluding hydrogens is 524 g/mol. The number of aliphatic hydroxyl groups excluding tert-OH is 3. The zero-order valence-electron chi connectivity index (χ0n) is 27.6. The number of hydrogen-bond donors (Lipinski definition) is 3. The van der Waals surface area contributed by atoms with E-state index in [1.807, 2.05) is 13.8 Å². The molecule has 3 N–H and O–H groups in total. The van der Waals surface area contributed by atoms with Crippen molar-refractivity contribution in [1.82, 2.24) is 0 Å². The van der Waals surface area contributed by atoms with Gasteiger partial charge in [-0.2, -0.15) is 0 Å². The van der Waals surface area contributed by atoms with Crippen LogP contribution in [0.5, 0.6) is 0 Å². The van der Waals surface area contributed by atoms with E-state index in [0.717, 1.165) is 24.7 Å². The maximum Gasteiger partial charge on any atom is 0.159 e. The minimum absolute atomic E-state index is 0.0342. The van der Waals surface area contributed by atoms with Crippen LogP contribution in [0.1, 0.15) is 147 Å². The lowest BCUT2D eigenvalue weighted by Gasteiger charge is -2.33. The zero-order chi connectivity index (χ0) is 30.5. The Morgan fingerprint density at radius 1 is 0.786 bits per heavy atom. The molecule has 5 nitrogen and oxygen atoms in total. The number of hydrogen-bond acceptors (Lipinski definition) is 5. The van der Waals surface area contributed by atoms with Crippen molar-refractivity contribution in [3.05, 3.63) is 34.9 Å². The Kier molecular flexibility index (Phi) is 15.8. The second-order valence-corrected chi connectivity index (χ2v) is 14.2. The third-order valence-corrected chi connectivity index (χ3v) is 10.4. The first-order valence-corrected chi connectivity index (χ1v) is 17.6. The highest BCUT2D eigenvalue weighted by molar-refractivity contribution is 5.36. The van der Waals surface area contributed by atoms with Gasteiger partial charge in [-0.25, -0.2) is 0 Å². The molecule has 0 aromatic heterocycles. The first-order valence-electron chi connectivity index (χ1n) is 17.6. The van der Waals surface area contributed by atoms with Crippen LogP contribution < -0.4 is 0 Å². The molecule has 0 bridgehead atoms. The highest BCUT2D eigenvalue weighted by atomic mass is 16.6. The molecule has 0 spiro atoms. The summed E-state index contributed by atoms with van der Waals surface area (Å²) in [5.41, 5.74) is 4.75. The van der Waals surface area contributed by atoms with Crippen LogP contribution in [-0.4, -0.2) is 47.7 Å².